The predicted molar refractivity (Wildman–Crippen MR) is 93.4 cm³/mol. The molecule has 0 radical (unpaired) electrons. The average molecular weight is 357 g/mol. The van der Waals surface area contributed by atoms with E-state index in [4.69, 9.17) is 4.74 Å². The summed E-state index contributed by atoms with van der Waals surface area (Å²) in [4.78, 5) is 8.70. The predicted octanol–water partition coefficient (Wildman–Crippen LogP) is 3.64. The fourth-order valence-corrected chi connectivity index (χ4v) is 3.58. The number of benzene rings is 2. The van der Waals surface area contributed by atoms with Crippen molar-refractivity contribution >= 4 is 16.7 Å². The molecule has 3 aromatic rings. The lowest BCUT2D eigenvalue weighted by atomic mass is 9.99. The number of hydrogen-bond donors (Lipinski definition) is 2. The number of fused-ring (bicyclic) bond motifs is 1. The Balaban J connectivity index is 1.91. The van der Waals surface area contributed by atoms with Crippen molar-refractivity contribution in [1.29, 1.82) is 0 Å². The Hall–Kier alpha value is -2.93. The van der Waals surface area contributed by atoms with Gasteiger partial charge in [-0.2, -0.15) is 0 Å². The molecule has 0 saturated carbocycles. The van der Waals surface area contributed by atoms with E-state index in [0.29, 0.717) is 11.3 Å². The Labute approximate surface area is 148 Å². The Morgan fingerprint density at radius 1 is 1.19 bits per heavy atom. The van der Waals surface area contributed by atoms with Gasteiger partial charge >= 0.3 is 0 Å². The van der Waals surface area contributed by atoms with Crippen molar-refractivity contribution in [2.24, 2.45) is 0 Å². The normalized spacial score (nSPS) is 20.3. The summed E-state index contributed by atoms with van der Waals surface area (Å²) in [6.07, 6.45) is 0.400. The lowest BCUT2D eigenvalue weighted by Gasteiger charge is -2.31. The van der Waals surface area contributed by atoms with Gasteiger partial charge in [-0.25, -0.2) is 13.8 Å². The van der Waals surface area contributed by atoms with E-state index in [9.17, 15) is 13.9 Å². The highest BCUT2D eigenvalue weighted by Gasteiger charge is 2.42. The van der Waals surface area contributed by atoms with Crippen LogP contribution in [0.4, 0.5) is 14.5 Å². The maximum atomic E-state index is 14.5. The molecule has 0 bridgehead atoms. The van der Waals surface area contributed by atoms with Crippen LogP contribution in [-0.4, -0.2) is 28.4 Å². The number of nitrogens with one attached hydrogen (secondary N) is 1. The SMILES string of the molecule is COC1=C(C)C(c2c(F)cccc2F)N(c2ccc3nc[nH]c3c2)C1O. The van der Waals surface area contributed by atoms with Gasteiger partial charge in [0.25, 0.3) is 0 Å². The average Bonchev–Trinajstić information content (AvgIpc) is 3.17. The molecule has 2 heterocycles. The fraction of sp³-hybridized carbons (Fsp3) is 0.211. The number of anilines is 1. The summed E-state index contributed by atoms with van der Waals surface area (Å²) in [7, 11) is 1.43. The zero-order chi connectivity index (χ0) is 18.4. The van der Waals surface area contributed by atoms with Crippen molar-refractivity contribution in [3.05, 3.63) is 71.3 Å². The minimum absolute atomic E-state index is 0.124. The number of aromatic amines is 1. The van der Waals surface area contributed by atoms with Crippen LogP contribution in [0.5, 0.6) is 0 Å². The third-order valence-corrected chi connectivity index (χ3v) is 4.77. The number of aromatic nitrogens is 2. The van der Waals surface area contributed by atoms with Gasteiger partial charge in [-0.15, -0.1) is 0 Å². The molecular weight excluding hydrogens is 340 g/mol. The molecular formula is C19H17F2N3O2. The van der Waals surface area contributed by atoms with Crippen molar-refractivity contribution in [1.82, 2.24) is 9.97 Å². The van der Waals surface area contributed by atoms with Crippen LogP contribution in [0.3, 0.4) is 0 Å². The quantitative estimate of drug-likeness (QED) is 0.751. The van der Waals surface area contributed by atoms with E-state index >= 15 is 0 Å². The Kier molecular flexibility index (Phi) is 3.88. The molecule has 2 N–H and O–H groups in total. The molecule has 0 fully saturated rings. The number of nitrogens with zero attached hydrogens (tertiary/aromatic N) is 2. The molecule has 0 aliphatic carbocycles. The summed E-state index contributed by atoms with van der Waals surface area (Å²) in [5.41, 5.74) is 2.53. The first kappa shape index (κ1) is 16.5. The van der Waals surface area contributed by atoms with E-state index in [1.807, 2.05) is 0 Å². The minimum Gasteiger partial charge on any atom is -0.496 e. The number of rotatable bonds is 3. The highest BCUT2D eigenvalue weighted by molar-refractivity contribution is 5.79. The third kappa shape index (κ3) is 2.35. The van der Waals surface area contributed by atoms with Crippen LogP contribution < -0.4 is 4.90 Å². The smallest absolute Gasteiger partial charge is 0.186 e. The molecule has 2 atom stereocenters. The van der Waals surface area contributed by atoms with Crippen LogP contribution in [0.2, 0.25) is 0 Å². The first-order valence-corrected chi connectivity index (χ1v) is 8.11. The highest BCUT2D eigenvalue weighted by Crippen LogP contribution is 2.44. The van der Waals surface area contributed by atoms with Gasteiger partial charge in [-0.1, -0.05) is 6.07 Å². The Morgan fingerprint density at radius 3 is 2.62 bits per heavy atom. The fourth-order valence-electron chi connectivity index (χ4n) is 3.58. The summed E-state index contributed by atoms with van der Waals surface area (Å²) in [6.45, 7) is 1.70. The number of methoxy groups -OCH3 is 1. The molecule has 1 aliphatic heterocycles. The van der Waals surface area contributed by atoms with Gasteiger partial charge in [0, 0.05) is 5.69 Å². The molecule has 0 spiro atoms. The number of aliphatic hydroxyl groups excluding tert-OH is 1. The van der Waals surface area contributed by atoms with Gasteiger partial charge in [-0.05, 0) is 42.8 Å². The van der Waals surface area contributed by atoms with Gasteiger partial charge in [-0.3, -0.25) is 0 Å². The zero-order valence-electron chi connectivity index (χ0n) is 14.2. The Bertz CT molecular complexity index is 995. The summed E-state index contributed by atoms with van der Waals surface area (Å²) in [6, 6.07) is 8.21. The van der Waals surface area contributed by atoms with E-state index in [0.717, 1.165) is 11.0 Å². The summed E-state index contributed by atoms with van der Waals surface area (Å²) < 4.78 is 34.3. The van der Waals surface area contributed by atoms with Crippen molar-refractivity contribution < 1.29 is 18.6 Å². The molecule has 0 amide bonds. The molecule has 134 valence electrons. The van der Waals surface area contributed by atoms with Crippen LogP contribution in [-0.2, 0) is 4.74 Å². The number of aliphatic hydroxyl groups is 1. The maximum Gasteiger partial charge on any atom is 0.186 e. The van der Waals surface area contributed by atoms with Crippen molar-refractivity contribution in [2.45, 2.75) is 19.2 Å². The van der Waals surface area contributed by atoms with Gasteiger partial charge in [0.2, 0.25) is 0 Å². The standard InChI is InChI=1S/C19H17F2N3O2/c1-10-17(16-12(20)4-3-5-13(16)21)24(19(25)18(10)26-2)11-6-7-14-15(8-11)23-9-22-14/h3-9,17,19,25H,1-2H3,(H,22,23). The third-order valence-electron chi connectivity index (χ3n) is 4.77. The minimum atomic E-state index is -1.16. The topological polar surface area (TPSA) is 61.4 Å². The number of hydrogen-bond acceptors (Lipinski definition) is 4. The number of imidazole rings is 1. The van der Waals surface area contributed by atoms with Gasteiger partial charge in [0.1, 0.15) is 17.4 Å². The second-order valence-corrected chi connectivity index (χ2v) is 6.17. The largest absolute Gasteiger partial charge is 0.496 e. The second kappa shape index (κ2) is 6.10. The van der Waals surface area contributed by atoms with Gasteiger partial charge in [0.15, 0.2) is 6.23 Å². The van der Waals surface area contributed by atoms with Crippen LogP contribution in [0.25, 0.3) is 11.0 Å². The van der Waals surface area contributed by atoms with E-state index in [2.05, 4.69) is 9.97 Å². The maximum absolute atomic E-state index is 14.5. The van der Waals surface area contributed by atoms with Gasteiger partial charge < -0.3 is 19.7 Å². The van der Waals surface area contributed by atoms with Gasteiger partial charge in [0.05, 0.1) is 36.1 Å². The monoisotopic (exact) mass is 357 g/mol. The number of ether oxygens (including phenoxy) is 1. The van der Waals surface area contributed by atoms with Crippen LogP contribution in [0.15, 0.2) is 54.1 Å². The zero-order valence-corrected chi connectivity index (χ0v) is 14.2. The van der Waals surface area contributed by atoms with Crippen LogP contribution in [0, 0.1) is 11.6 Å². The van der Waals surface area contributed by atoms with E-state index < -0.39 is 23.9 Å². The van der Waals surface area contributed by atoms with E-state index in [1.165, 1.54) is 30.2 Å². The van der Waals surface area contributed by atoms with Crippen molar-refractivity contribution in [2.75, 3.05) is 12.0 Å². The summed E-state index contributed by atoms with van der Waals surface area (Å²) in [5, 5.41) is 10.8. The van der Waals surface area contributed by atoms with E-state index in [1.54, 1.807) is 31.5 Å². The first-order chi connectivity index (χ1) is 12.5. The summed E-state index contributed by atoms with van der Waals surface area (Å²) in [5.74, 6) is -1.07. The van der Waals surface area contributed by atoms with E-state index in [-0.39, 0.29) is 11.3 Å². The number of H-pyrrole nitrogens is 1. The second-order valence-electron chi connectivity index (χ2n) is 6.17. The van der Waals surface area contributed by atoms with Crippen LogP contribution >= 0.6 is 0 Å². The van der Waals surface area contributed by atoms with Crippen molar-refractivity contribution in [3.8, 4) is 0 Å². The molecule has 7 heteroatoms. The molecule has 5 nitrogen and oxygen atoms in total. The molecule has 4 rings (SSSR count). The lowest BCUT2D eigenvalue weighted by Crippen LogP contribution is -2.35. The summed E-state index contributed by atoms with van der Waals surface area (Å²) >= 11 is 0. The molecule has 0 saturated heterocycles. The highest BCUT2D eigenvalue weighted by atomic mass is 19.1. The number of halogens is 2. The molecule has 1 aromatic heterocycles. The molecule has 26 heavy (non-hydrogen) atoms. The Morgan fingerprint density at radius 2 is 1.92 bits per heavy atom. The molecule has 2 unspecified atom stereocenters. The van der Waals surface area contributed by atoms with Crippen molar-refractivity contribution in [3.63, 3.8) is 0 Å². The molecule has 1 aliphatic rings. The lowest BCUT2D eigenvalue weighted by molar-refractivity contribution is 0.133. The van der Waals surface area contributed by atoms with Crippen LogP contribution in [0.1, 0.15) is 18.5 Å². The first-order valence-electron chi connectivity index (χ1n) is 8.11. The molecule has 2 aromatic carbocycles.